The van der Waals surface area contributed by atoms with Crippen LogP contribution in [0.4, 0.5) is 15.3 Å². The molecule has 1 fully saturated rings. The lowest BCUT2D eigenvalue weighted by atomic mass is 10.0. The highest BCUT2D eigenvalue weighted by atomic mass is 35.5. The van der Waals surface area contributed by atoms with Gasteiger partial charge in [0.15, 0.2) is 0 Å². The second-order valence-electron chi connectivity index (χ2n) is 7.50. The van der Waals surface area contributed by atoms with Crippen LogP contribution in [-0.4, -0.2) is 41.8 Å². The number of ether oxygens (including phenoxy) is 1. The van der Waals surface area contributed by atoms with Gasteiger partial charge in [-0.1, -0.05) is 11.6 Å². The Balaban J connectivity index is 1.69. The molecule has 0 unspecified atom stereocenters. The molecule has 2 aliphatic heterocycles. The smallest absolute Gasteiger partial charge is 0.410 e. The van der Waals surface area contributed by atoms with Crippen LogP contribution in [0, 0.1) is 0 Å². The van der Waals surface area contributed by atoms with Crippen molar-refractivity contribution in [2.24, 2.45) is 0 Å². The summed E-state index contributed by atoms with van der Waals surface area (Å²) >= 11 is 6.06. The van der Waals surface area contributed by atoms with Crippen molar-refractivity contribution in [2.45, 2.75) is 51.8 Å². The molecule has 0 saturated carbocycles. The fourth-order valence-electron chi connectivity index (χ4n) is 3.29. The van der Waals surface area contributed by atoms with Gasteiger partial charge in [-0.25, -0.2) is 9.59 Å². The molecule has 1 aromatic carbocycles. The van der Waals surface area contributed by atoms with Crippen molar-refractivity contribution < 1.29 is 14.3 Å². The lowest BCUT2D eigenvalue weighted by Crippen LogP contribution is -2.54. The zero-order valence-electron chi connectivity index (χ0n) is 14.8. The summed E-state index contributed by atoms with van der Waals surface area (Å²) in [7, 11) is 0. The Kier molecular flexibility index (Phi) is 4.82. The molecular formula is C18H24ClN3O3. The van der Waals surface area contributed by atoms with Gasteiger partial charge in [0.1, 0.15) is 5.60 Å². The lowest BCUT2D eigenvalue weighted by molar-refractivity contribution is 0.0206. The first-order valence-corrected chi connectivity index (χ1v) is 8.96. The number of carbonyl (C=O) groups excluding carboxylic acids is 2. The van der Waals surface area contributed by atoms with Crippen LogP contribution in [0.3, 0.4) is 0 Å². The van der Waals surface area contributed by atoms with Crippen molar-refractivity contribution in [2.75, 3.05) is 18.0 Å². The summed E-state index contributed by atoms with van der Waals surface area (Å²) in [5, 5.41) is 3.56. The van der Waals surface area contributed by atoms with Crippen LogP contribution in [0.5, 0.6) is 0 Å². The van der Waals surface area contributed by atoms with Crippen LogP contribution in [-0.2, 0) is 11.3 Å². The number of benzene rings is 1. The molecule has 0 spiro atoms. The van der Waals surface area contributed by atoms with Gasteiger partial charge in [-0.15, -0.1) is 0 Å². The van der Waals surface area contributed by atoms with Crippen molar-refractivity contribution in [3.8, 4) is 0 Å². The van der Waals surface area contributed by atoms with Crippen LogP contribution >= 0.6 is 11.6 Å². The molecule has 2 aliphatic rings. The molecule has 25 heavy (non-hydrogen) atoms. The average molecular weight is 366 g/mol. The minimum absolute atomic E-state index is 0.0545. The topological polar surface area (TPSA) is 61.9 Å². The van der Waals surface area contributed by atoms with E-state index in [1.54, 1.807) is 4.90 Å². The maximum Gasteiger partial charge on any atom is 0.410 e. The monoisotopic (exact) mass is 365 g/mol. The molecule has 3 rings (SSSR count). The Labute approximate surface area is 153 Å². The van der Waals surface area contributed by atoms with Gasteiger partial charge in [0, 0.05) is 30.7 Å². The van der Waals surface area contributed by atoms with Gasteiger partial charge >= 0.3 is 12.1 Å². The number of carbonyl (C=O) groups is 2. The molecule has 1 N–H and O–H groups in total. The fourth-order valence-corrected chi connectivity index (χ4v) is 3.49. The Morgan fingerprint density at radius 2 is 1.96 bits per heavy atom. The molecule has 7 heteroatoms. The summed E-state index contributed by atoms with van der Waals surface area (Å²) in [4.78, 5) is 28.1. The fraction of sp³-hybridized carbons (Fsp3) is 0.556. The summed E-state index contributed by atoms with van der Waals surface area (Å²) in [6.07, 6.45) is 1.14. The first-order valence-electron chi connectivity index (χ1n) is 8.58. The zero-order valence-corrected chi connectivity index (χ0v) is 15.6. The number of nitrogens with one attached hydrogen (secondary N) is 1. The van der Waals surface area contributed by atoms with E-state index in [2.05, 4.69) is 5.32 Å². The van der Waals surface area contributed by atoms with Crippen molar-refractivity contribution in [3.05, 3.63) is 28.8 Å². The minimum atomic E-state index is -0.501. The van der Waals surface area contributed by atoms with Crippen molar-refractivity contribution in [1.82, 2.24) is 10.2 Å². The highest BCUT2D eigenvalue weighted by molar-refractivity contribution is 6.30. The first-order chi connectivity index (χ1) is 11.7. The zero-order chi connectivity index (χ0) is 18.2. The van der Waals surface area contributed by atoms with E-state index in [0.29, 0.717) is 37.5 Å². The maximum absolute atomic E-state index is 12.4. The third-order valence-electron chi connectivity index (χ3n) is 4.43. The summed E-state index contributed by atoms with van der Waals surface area (Å²) in [6.45, 7) is 7.22. The molecule has 6 nitrogen and oxygen atoms in total. The molecule has 0 bridgehead atoms. The number of piperidine rings is 1. The van der Waals surface area contributed by atoms with E-state index in [1.165, 1.54) is 0 Å². The van der Waals surface area contributed by atoms with Gasteiger partial charge < -0.3 is 15.0 Å². The number of halogens is 1. The normalized spacial score (nSPS) is 18.6. The number of amides is 3. The number of nitrogens with zero attached hydrogens (tertiary/aromatic N) is 2. The number of hydrogen-bond acceptors (Lipinski definition) is 3. The Morgan fingerprint density at radius 3 is 2.60 bits per heavy atom. The minimum Gasteiger partial charge on any atom is -0.444 e. The Hall–Kier alpha value is -1.95. The molecular weight excluding hydrogens is 342 g/mol. The second-order valence-corrected chi connectivity index (χ2v) is 7.94. The third kappa shape index (κ3) is 4.00. The average Bonchev–Trinajstić information content (AvgIpc) is 2.53. The molecule has 2 heterocycles. The van der Waals surface area contributed by atoms with E-state index >= 15 is 0 Å². The highest BCUT2D eigenvalue weighted by Crippen LogP contribution is 2.32. The highest BCUT2D eigenvalue weighted by Gasteiger charge is 2.34. The predicted octanol–water partition coefficient (Wildman–Crippen LogP) is 3.77. The summed E-state index contributed by atoms with van der Waals surface area (Å²) in [5.41, 5.74) is 1.42. The molecule has 136 valence electrons. The molecule has 1 saturated heterocycles. The van der Waals surface area contributed by atoms with Gasteiger partial charge in [-0.05, 0) is 57.4 Å². The molecule has 3 amide bonds. The summed E-state index contributed by atoms with van der Waals surface area (Å²) in [6, 6.07) is 5.56. The van der Waals surface area contributed by atoms with Gasteiger partial charge in [0.2, 0.25) is 0 Å². The molecule has 0 atom stereocenters. The lowest BCUT2D eigenvalue weighted by Gasteiger charge is -2.41. The SMILES string of the molecule is CC(C)(C)OC(=O)N1CCC(N2C(=O)NCc3cc(Cl)ccc32)CC1. The second kappa shape index (κ2) is 6.75. The van der Waals surface area contributed by atoms with E-state index in [4.69, 9.17) is 16.3 Å². The van der Waals surface area contributed by atoms with E-state index in [9.17, 15) is 9.59 Å². The number of likely N-dealkylation sites (tertiary alicyclic amines) is 1. The Bertz CT molecular complexity index is 679. The van der Waals surface area contributed by atoms with Crippen LogP contribution < -0.4 is 10.2 Å². The predicted molar refractivity (Wildman–Crippen MR) is 97.0 cm³/mol. The van der Waals surface area contributed by atoms with E-state index in [-0.39, 0.29) is 18.2 Å². The number of hydrogen-bond donors (Lipinski definition) is 1. The Morgan fingerprint density at radius 1 is 1.28 bits per heavy atom. The van der Waals surface area contributed by atoms with E-state index < -0.39 is 5.60 Å². The number of fused-ring (bicyclic) bond motifs is 1. The van der Waals surface area contributed by atoms with Crippen LogP contribution in [0.2, 0.25) is 5.02 Å². The number of urea groups is 1. The van der Waals surface area contributed by atoms with Crippen molar-refractivity contribution >= 4 is 29.4 Å². The van der Waals surface area contributed by atoms with Gasteiger partial charge in [0.25, 0.3) is 0 Å². The number of rotatable bonds is 1. The standard InChI is InChI=1S/C18H24ClN3O3/c1-18(2,3)25-17(24)21-8-6-14(7-9-21)22-15-5-4-13(19)10-12(15)11-20-16(22)23/h4-5,10,14H,6-9,11H2,1-3H3,(H,20,23). The van der Waals surface area contributed by atoms with Crippen molar-refractivity contribution in [3.63, 3.8) is 0 Å². The van der Waals surface area contributed by atoms with Crippen LogP contribution in [0.25, 0.3) is 0 Å². The largest absolute Gasteiger partial charge is 0.444 e. The van der Waals surface area contributed by atoms with E-state index in [1.807, 2.05) is 43.9 Å². The molecule has 0 aliphatic carbocycles. The maximum atomic E-state index is 12.4. The molecule has 0 radical (unpaired) electrons. The summed E-state index contributed by atoms with van der Waals surface area (Å²) in [5.74, 6) is 0. The van der Waals surface area contributed by atoms with Gasteiger partial charge in [0.05, 0.1) is 5.69 Å². The van der Waals surface area contributed by atoms with Crippen LogP contribution in [0.1, 0.15) is 39.2 Å². The quantitative estimate of drug-likeness (QED) is 0.824. The first kappa shape index (κ1) is 17.9. The van der Waals surface area contributed by atoms with Crippen LogP contribution in [0.15, 0.2) is 18.2 Å². The number of anilines is 1. The molecule has 1 aromatic rings. The van der Waals surface area contributed by atoms with Gasteiger partial charge in [-0.2, -0.15) is 0 Å². The third-order valence-corrected chi connectivity index (χ3v) is 4.67. The van der Waals surface area contributed by atoms with Gasteiger partial charge in [-0.3, -0.25) is 4.90 Å². The van der Waals surface area contributed by atoms with Crippen molar-refractivity contribution in [1.29, 1.82) is 0 Å². The summed E-state index contributed by atoms with van der Waals surface area (Å²) < 4.78 is 5.43. The van der Waals surface area contributed by atoms with E-state index in [0.717, 1.165) is 11.3 Å². The molecule has 0 aromatic heterocycles.